The van der Waals surface area contributed by atoms with Crippen molar-refractivity contribution in [3.05, 3.63) is 12.2 Å². The molecular formula is C71H139NO5. The number of hydrogen-bond donors (Lipinski definition) is 3. The molecule has 0 saturated carbocycles. The van der Waals surface area contributed by atoms with Crippen molar-refractivity contribution >= 4 is 11.9 Å². The molecule has 0 bridgehead atoms. The number of ether oxygens (including phenoxy) is 1. The number of nitrogens with one attached hydrogen (secondary N) is 1. The number of rotatable bonds is 67. The highest BCUT2D eigenvalue weighted by Crippen LogP contribution is 2.19. The second kappa shape index (κ2) is 67.1. The van der Waals surface area contributed by atoms with Crippen LogP contribution in [0.5, 0.6) is 0 Å². The molecule has 0 aromatic rings. The summed E-state index contributed by atoms with van der Waals surface area (Å²) in [6.45, 7) is 4.99. The van der Waals surface area contributed by atoms with Crippen molar-refractivity contribution in [1.82, 2.24) is 5.32 Å². The minimum atomic E-state index is -0.660. The van der Waals surface area contributed by atoms with Gasteiger partial charge in [-0.2, -0.15) is 0 Å². The van der Waals surface area contributed by atoms with Gasteiger partial charge in [0.25, 0.3) is 0 Å². The Bertz CT molecular complexity index is 1160. The van der Waals surface area contributed by atoms with Crippen LogP contribution in [0.15, 0.2) is 12.2 Å². The van der Waals surface area contributed by atoms with Crippen LogP contribution in [0.3, 0.4) is 0 Å². The van der Waals surface area contributed by atoms with E-state index in [4.69, 9.17) is 4.74 Å². The number of amides is 1. The smallest absolute Gasteiger partial charge is 0.305 e. The number of carbonyl (C=O) groups is 2. The molecule has 0 saturated heterocycles. The van der Waals surface area contributed by atoms with Crippen molar-refractivity contribution in [2.75, 3.05) is 13.2 Å². The molecule has 2 unspecified atom stereocenters. The molecule has 6 nitrogen and oxygen atoms in total. The van der Waals surface area contributed by atoms with E-state index in [-0.39, 0.29) is 18.5 Å². The molecule has 6 heteroatoms. The largest absolute Gasteiger partial charge is 0.466 e. The van der Waals surface area contributed by atoms with Crippen LogP contribution in [0.2, 0.25) is 0 Å². The molecule has 0 aliphatic carbocycles. The van der Waals surface area contributed by atoms with E-state index in [1.54, 1.807) is 0 Å². The Hall–Kier alpha value is -1.40. The van der Waals surface area contributed by atoms with Crippen LogP contribution in [0.1, 0.15) is 406 Å². The fraction of sp³-hybridized carbons (Fsp3) is 0.944. The van der Waals surface area contributed by atoms with E-state index in [0.717, 1.165) is 38.5 Å². The lowest BCUT2D eigenvalue weighted by molar-refractivity contribution is -0.143. The molecule has 0 aliphatic rings. The van der Waals surface area contributed by atoms with Gasteiger partial charge in [0.1, 0.15) is 0 Å². The number of aliphatic hydroxyl groups is 2. The Morgan fingerprint density at radius 2 is 0.610 bits per heavy atom. The minimum Gasteiger partial charge on any atom is -0.466 e. The van der Waals surface area contributed by atoms with Gasteiger partial charge in [0.05, 0.1) is 25.4 Å². The Kier molecular flexibility index (Phi) is 65.9. The van der Waals surface area contributed by atoms with Gasteiger partial charge >= 0.3 is 5.97 Å². The highest BCUT2D eigenvalue weighted by molar-refractivity contribution is 5.76. The average molecular weight is 1090 g/mol. The Morgan fingerprint density at radius 1 is 0.351 bits per heavy atom. The van der Waals surface area contributed by atoms with Crippen molar-refractivity contribution in [3.63, 3.8) is 0 Å². The average Bonchev–Trinajstić information content (AvgIpc) is 3.43. The van der Waals surface area contributed by atoms with Crippen molar-refractivity contribution in [2.24, 2.45) is 0 Å². The predicted octanol–water partition coefficient (Wildman–Crippen LogP) is 22.8. The van der Waals surface area contributed by atoms with Crippen molar-refractivity contribution in [2.45, 2.75) is 418 Å². The van der Waals surface area contributed by atoms with Gasteiger partial charge in [0.2, 0.25) is 5.91 Å². The summed E-state index contributed by atoms with van der Waals surface area (Å²) < 4.78 is 5.48. The summed E-state index contributed by atoms with van der Waals surface area (Å²) in [5.74, 6) is -0.00729. The standard InChI is InChI=1S/C71H139NO5/c1-3-5-7-9-11-13-15-40-43-47-51-55-59-63-69(74)68(67-73)72-70(75)64-60-56-52-48-44-41-38-36-34-32-30-28-26-24-22-20-18-17-19-21-23-25-27-29-31-33-35-37-39-42-46-50-54-58-62-66-77-71(76)65-61-57-53-49-45-16-14-12-10-8-6-4-2/h19,21,68-69,73-74H,3-18,20,22-67H2,1-2H3,(H,72,75)/b21-19-. The molecule has 0 heterocycles. The molecular weight excluding hydrogens is 947 g/mol. The van der Waals surface area contributed by atoms with Gasteiger partial charge in [-0.05, 0) is 51.4 Å². The van der Waals surface area contributed by atoms with Crippen molar-refractivity contribution in [3.8, 4) is 0 Å². The lowest BCUT2D eigenvalue weighted by Crippen LogP contribution is -2.45. The topological polar surface area (TPSA) is 95.9 Å². The first-order chi connectivity index (χ1) is 38.0. The Balaban J connectivity index is 3.32. The SMILES string of the molecule is CCCCCCCCCCCCCCCC(O)C(CO)NC(=O)CCCCCCCCCCCCCCCCCCC/C=C\CCCCCCCCCCCCCCCCOC(=O)CCCCCCCCCCCCCC. The second-order valence-corrected chi connectivity index (χ2v) is 24.6. The van der Waals surface area contributed by atoms with Gasteiger partial charge in [-0.15, -0.1) is 0 Å². The molecule has 2 atom stereocenters. The molecule has 0 radical (unpaired) electrons. The maximum absolute atomic E-state index is 12.5. The Morgan fingerprint density at radius 3 is 0.922 bits per heavy atom. The number of esters is 1. The van der Waals surface area contributed by atoms with Crippen LogP contribution >= 0.6 is 0 Å². The zero-order valence-corrected chi connectivity index (χ0v) is 52.5. The van der Waals surface area contributed by atoms with Gasteiger partial charge in [0, 0.05) is 12.8 Å². The van der Waals surface area contributed by atoms with Crippen LogP contribution in [-0.2, 0) is 14.3 Å². The van der Waals surface area contributed by atoms with E-state index in [2.05, 4.69) is 31.3 Å². The molecule has 0 spiro atoms. The lowest BCUT2D eigenvalue weighted by Gasteiger charge is -2.22. The zero-order valence-electron chi connectivity index (χ0n) is 52.5. The van der Waals surface area contributed by atoms with Gasteiger partial charge in [0.15, 0.2) is 0 Å². The van der Waals surface area contributed by atoms with E-state index in [9.17, 15) is 19.8 Å². The van der Waals surface area contributed by atoms with Gasteiger partial charge in [-0.1, -0.05) is 353 Å². The van der Waals surface area contributed by atoms with E-state index in [1.807, 2.05) is 0 Å². The highest BCUT2D eigenvalue weighted by Gasteiger charge is 2.20. The molecule has 0 aromatic carbocycles. The van der Waals surface area contributed by atoms with Crippen LogP contribution in [0, 0.1) is 0 Å². The zero-order chi connectivity index (χ0) is 55.7. The second-order valence-electron chi connectivity index (χ2n) is 24.6. The number of aliphatic hydroxyl groups excluding tert-OH is 2. The maximum Gasteiger partial charge on any atom is 0.305 e. The summed E-state index contributed by atoms with van der Waals surface area (Å²) in [6.07, 6.45) is 82.8. The predicted molar refractivity (Wildman–Crippen MR) is 338 cm³/mol. The van der Waals surface area contributed by atoms with E-state index in [0.29, 0.717) is 25.9 Å². The van der Waals surface area contributed by atoms with Crippen molar-refractivity contribution < 1.29 is 24.5 Å². The monoisotopic (exact) mass is 1090 g/mol. The lowest BCUT2D eigenvalue weighted by atomic mass is 10.0. The fourth-order valence-electron chi connectivity index (χ4n) is 11.4. The number of unbranched alkanes of at least 4 members (excludes halogenated alkanes) is 54. The van der Waals surface area contributed by atoms with E-state index in [1.165, 1.54) is 334 Å². The molecule has 0 rings (SSSR count). The number of allylic oxidation sites excluding steroid dienone is 2. The number of hydrogen-bond acceptors (Lipinski definition) is 5. The summed E-state index contributed by atoms with van der Waals surface area (Å²) in [7, 11) is 0. The molecule has 77 heavy (non-hydrogen) atoms. The molecule has 0 aromatic heterocycles. The first-order valence-corrected chi connectivity index (χ1v) is 35.4. The van der Waals surface area contributed by atoms with Crippen molar-refractivity contribution in [1.29, 1.82) is 0 Å². The van der Waals surface area contributed by atoms with Crippen LogP contribution in [0.25, 0.3) is 0 Å². The summed E-state index contributed by atoms with van der Waals surface area (Å²) in [4.78, 5) is 24.5. The third-order valence-corrected chi connectivity index (χ3v) is 16.8. The summed E-state index contributed by atoms with van der Waals surface area (Å²) in [6, 6.07) is -0.537. The maximum atomic E-state index is 12.5. The first kappa shape index (κ1) is 75.6. The van der Waals surface area contributed by atoms with Crippen LogP contribution < -0.4 is 5.32 Å². The first-order valence-electron chi connectivity index (χ1n) is 35.4. The van der Waals surface area contributed by atoms with Crippen LogP contribution in [-0.4, -0.2) is 47.4 Å². The molecule has 1 amide bonds. The third kappa shape index (κ3) is 63.6. The van der Waals surface area contributed by atoms with Gasteiger partial charge in [-0.3, -0.25) is 9.59 Å². The van der Waals surface area contributed by atoms with Gasteiger partial charge < -0.3 is 20.3 Å². The third-order valence-electron chi connectivity index (χ3n) is 16.8. The quantitative estimate of drug-likeness (QED) is 0.0320. The molecule has 0 aliphatic heterocycles. The van der Waals surface area contributed by atoms with Crippen LogP contribution in [0.4, 0.5) is 0 Å². The summed E-state index contributed by atoms with van der Waals surface area (Å²) in [5, 5.41) is 23.3. The number of carbonyl (C=O) groups excluding carboxylic acids is 2. The molecule has 3 N–H and O–H groups in total. The van der Waals surface area contributed by atoms with E-state index < -0.39 is 12.1 Å². The van der Waals surface area contributed by atoms with E-state index >= 15 is 0 Å². The summed E-state index contributed by atoms with van der Waals surface area (Å²) in [5.41, 5.74) is 0. The summed E-state index contributed by atoms with van der Waals surface area (Å²) >= 11 is 0. The molecule has 0 fully saturated rings. The molecule has 458 valence electrons. The fourth-order valence-corrected chi connectivity index (χ4v) is 11.4. The minimum absolute atomic E-state index is 0.0216. The highest BCUT2D eigenvalue weighted by atomic mass is 16.5. The van der Waals surface area contributed by atoms with Gasteiger partial charge in [-0.25, -0.2) is 0 Å². The Labute approximate surface area is 482 Å². The normalized spacial score (nSPS) is 12.5.